The van der Waals surface area contributed by atoms with Crippen molar-refractivity contribution in [3.8, 4) is 78.9 Å². The van der Waals surface area contributed by atoms with Gasteiger partial charge in [-0.15, -0.1) is 0 Å². The first-order chi connectivity index (χ1) is 35.3. The van der Waals surface area contributed by atoms with Gasteiger partial charge in [0.2, 0.25) is 0 Å². The van der Waals surface area contributed by atoms with E-state index in [1.165, 1.54) is 71.6 Å². The van der Waals surface area contributed by atoms with E-state index in [2.05, 4.69) is 225 Å². The van der Waals surface area contributed by atoms with Crippen molar-refractivity contribution in [2.75, 3.05) is 0 Å². The van der Waals surface area contributed by atoms with E-state index >= 15 is 0 Å². The third kappa shape index (κ3) is 7.54. The van der Waals surface area contributed by atoms with Gasteiger partial charge in [-0.1, -0.05) is 180 Å². The smallest absolute Gasteiger partial charge is 0.166 e. The molecule has 13 aromatic rings. The zero-order valence-corrected chi connectivity index (χ0v) is 40.6. The molecule has 5 heteroatoms. The summed E-state index contributed by atoms with van der Waals surface area (Å²) in [6.45, 7) is 8.71. The average molecular weight is 924 g/mol. The Labute approximate surface area is 419 Å². The highest BCUT2D eigenvalue weighted by molar-refractivity contribution is 6.13. The fourth-order valence-electron chi connectivity index (χ4n) is 11.0. The average Bonchev–Trinajstić information content (AvgIpc) is 3.92. The SMILES string of the molecule is Cc1cc(C)cc(-c2ccc3c(c2)c2cc(-c4cc(C)cc(C)c4)ccc2n3-c2ccc(-c3ccc4c(c3)c3ccccc3n4-c3ccccc3)cc2-c2nc(-c3ccccc3)nc(-c3ccccc3)n2)c1. The molecule has 0 spiro atoms. The summed E-state index contributed by atoms with van der Waals surface area (Å²) in [5.41, 5.74) is 21.3. The number of nitrogens with zero attached hydrogens (tertiary/aromatic N) is 5. The Hall–Kier alpha value is -9.19. The largest absolute Gasteiger partial charge is 0.309 e. The Bertz CT molecular complexity index is 4030. The van der Waals surface area contributed by atoms with Crippen molar-refractivity contribution in [3.05, 3.63) is 247 Å². The monoisotopic (exact) mass is 923 g/mol. The normalized spacial score (nSPS) is 11.6. The van der Waals surface area contributed by atoms with E-state index in [1.807, 2.05) is 36.4 Å². The predicted octanol–water partition coefficient (Wildman–Crippen LogP) is 17.3. The molecule has 0 bridgehead atoms. The third-order valence-corrected chi connectivity index (χ3v) is 14.1. The summed E-state index contributed by atoms with van der Waals surface area (Å²) in [7, 11) is 0. The van der Waals surface area contributed by atoms with Crippen LogP contribution < -0.4 is 0 Å². The fourth-order valence-corrected chi connectivity index (χ4v) is 11.0. The van der Waals surface area contributed by atoms with Gasteiger partial charge in [0.1, 0.15) is 0 Å². The highest BCUT2D eigenvalue weighted by atomic mass is 15.1. The predicted molar refractivity (Wildman–Crippen MR) is 300 cm³/mol. The van der Waals surface area contributed by atoms with Gasteiger partial charge in [0.15, 0.2) is 17.5 Å². The molecule has 0 N–H and O–H groups in total. The lowest BCUT2D eigenvalue weighted by atomic mass is 9.97. The van der Waals surface area contributed by atoms with E-state index < -0.39 is 0 Å². The summed E-state index contributed by atoms with van der Waals surface area (Å²) in [4.78, 5) is 15.9. The molecule has 3 aromatic heterocycles. The zero-order chi connectivity index (χ0) is 48.5. The van der Waals surface area contributed by atoms with Gasteiger partial charge in [-0.2, -0.15) is 0 Å². The maximum Gasteiger partial charge on any atom is 0.166 e. The maximum atomic E-state index is 5.39. The topological polar surface area (TPSA) is 48.5 Å². The van der Waals surface area contributed by atoms with Gasteiger partial charge in [0, 0.05) is 43.9 Å². The van der Waals surface area contributed by atoms with Gasteiger partial charge in [0.05, 0.1) is 27.8 Å². The Balaban J connectivity index is 1.09. The van der Waals surface area contributed by atoms with Gasteiger partial charge in [-0.05, 0) is 128 Å². The molecule has 13 rings (SSSR count). The highest BCUT2D eigenvalue weighted by Gasteiger charge is 2.22. The number of fused-ring (bicyclic) bond motifs is 6. The molecule has 342 valence electrons. The first kappa shape index (κ1) is 42.9. The molecule has 0 aliphatic carbocycles. The van der Waals surface area contributed by atoms with Gasteiger partial charge < -0.3 is 9.13 Å². The Morgan fingerprint density at radius 1 is 0.264 bits per heavy atom. The molecule has 0 saturated heterocycles. The van der Waals surface area contributed by atoms with Crippen LogP contribution in [-0.2, 0) is 0 Å². The van der Waals surface area contributed by atoms with Crippen molar-refractivity contribution in [1.82, 2.24) is 24.1 Å². The number of aryl methyl sites for hydroxylation is 4. The van der Waals surface area contributed by atoms with E-state index in [9.17, 15) is 0 Å². The first-order valence-corrected chi connectivity index (χ1v) is 24.7. The van der Waals surface area contributed by atoms with Crippen LogP contribution in [-0.4, -0.2) is 24.1 Å². The van der Waals surface area contributed by atoms with E-state index in [4.69, 9.17) is 15.0 Å². The molecule has 0 radical (unpaired) electrons. The van der Waals surface area contributed by atoms with E-state index in [1.54, 1.807) is 0 Å². The lowest BCUT2D eigenvalue weighted by Gasteiger charge is -2.17. The van der Waals surface area contributed by atoms with E-state index in [0.29, 0.717) is 17.5 Å². The second kappa shape index (κ2) is 17.3. The molecule has 3 heterocycles. The minimum Gasteiger partial charge on any atom is -0.309 e. The molecule has 0 aliphatic rings. The lowest BCUT2D eigenvalue weighted by molar-refractivity contribution is 1.06. The Morgan fingerprint density at radius 3 is 1.18 bits per heavy atom. The Morgan fingerprint density at radius 2 is 0.653 bits per heavy atom. The van der Waals surface area contributed by atoms with Crippen molar-refractivity contribution < 1.29 is 0 Å². The summed E-state index contributed by atoms with van der Waals surface area (Å²) < 4.78 is 4.79. The summed E-state index contributed by atoms with van der Waals surface area (Å²) in [5.74, 6) is 1.82. The number of para-hydroxylation sites is 2. The minimum atomic E-state index is 0.593. The van der Waals surface area contributed by atoms with Crippen molar-refractivity contribution in [2.45, 2.75) is 27.7 Å². The van der Waals surface area contributed by atoms with Crippen LogP contribution in [0, 0.1) is 27.7 Å². The Kier molecular flexibility index (Phi) is 10.3. The van der Waals surface area contributed by atoms with Crippen molar-refractivity contribution in [3.63, 3.8) is 0 Å². The van der Waals surface area contributed by atoms with Gasteiger partial charge in [-0.3, -0.25) is 0 Å². The zero-order valence-electron chi connectivity index (χ0n) is 40.6. The van der Waals surface area contributed by atoms with Crippen LogP contribution in [0.5, 0.6) is 0 Å². The summed E-state index contributed by atoms with van der Waals surface area (Å²) in [6.07, 6.45) is 0. The van der Waals surface area contributed by atoms with E-state index in [0.717, 1.165) is 55.7 Å². The van der Waals surface area contributed by atoms with Gasteiger partial charge in [-0.25, -0.2) is 15.0 Å². The number of aromatic nitrogens is 5. The molecular weight excluding hydrogens is 875 g/mol. The van der Waals surface area contributed by atoms with E-state index in [-0.39, 0.29) is 0 Å². The van der Waals surface area contributed by atoms with Crippen LogP contribution in [0.1, 0.15) is 22.3 Å². The number of rotatable bonds is 8. The molecule has 10 aromatic carbocycles. The standard InChI is InChI=1S/C67H49N5/c1-42-32-43(2)35-52(34-42)50-26-29-62-57(39-50)58-40-51(53-36-44(3)33-45(4)37-53)27-30-63(58)72(62)64-31-25-49(48-24-28-61-56(38-48)55-22-14-15-23-60(55)71(61)54-20-12-7-13-21-54)41-59(64)67-69-65(46-16-8-5-9-17-46)68-66(70-67)47-18-10-6-11-19-47/h5-41H,1-4H3. The van der Waals surface area contributed by atoms with Crippen LogP contribution >= 0.6 is 0 Å². The molecule has 72 heavy (non-hydrogen) atoms. The van der Waals surface area contributed by atoms with Crippen LogP contribution in [0.4, 0.5) is 0 Å². The fraction of sp³-hybridized carbons (Fsp3) is 0.0597. The van der Waals surface area contributed by atoms with Gasteiger partial charge in [0.25, 0.3) is 0 Å². The minimum absolute atomic E-state index is 0.593. The number of hydrogen-bond acceptors (Lipinski definition) is 3. The van der Waals surface area contributed by atoms with Crippen molar-refractivity contribution in [1.29, 1.82) is 0 Å². The first-order valence-electron chi connectivity index (χ1n) is 24.7. The third-order valence-electron chi connectivity index (χ3n) is 14.1. The highest BCUT2D eigenvalue weighted by Crippen LogP contribution is 2.42. The molecule has 0 amide bonds. The summed E-state index contributed by atoms with van der Waals surface area (Å²) >= 11 is 0. The van der Waals surface area contributed by atoms with Crippen LogP contribution in [0.25, 0.3) is 123 Å². The molecular formula is C67H49N5. The molecule has 0 aliphatic heterocycles. The van der Waals surface area contributed by atoms with Crippen molar-refractivity contribution >= 4 is 43.6 Å². The maximum absolute atomic E-state index is 5.39. The van der Waals surface area contributed by atoms with Crippen LogP contribution in [0.3, 0.4) is 0 Å². The van der Waals surface area contributed by atoms with Crippen molar-refractivity contribution in [2.24, 2.45) is 0 Å². The van der Waals surface area contributed by atoms with Crippen LogP contribution in [0.15, 0.2) is 224 Å². The second-order valence-electron chi connectivity index (χ2n) is 19.2. The quantitative estimate of drug-likeness (QED) is 0.153. The molecule has 0 atom stereocenters. The number of benzene rings is 10. The number of hydrogen-bond donors (Lipinski definition) is 0. The molecule has 0 unspecified atom stereocenters. The molecule has 0 saturated carbocycles. The summed E-state index contributed by atoms with van der Waals surface area (Å²) in [6, 6.07) is 81.0. The summed E-state index contributed by atoms with van der Waals surface area (Å²) in [5, 5.41) is 4.75. The second-order valence-corrected chi connectivity index (χ2v) is 19.2. The molecule has 5 nitrogen and oxygen atoms in total. The lowest BCUT2D eigenvalue weighted by Crippen LogP contribution is -2.04. The van der Waals surface area contributed by atoms with Gasteiger partial charge >= 0.3 is 0 Å². The van der Waals surface area contributed by atoms with Crippen LogP contribution in [0.2, 0.25) is 0 Å². The molecule has 0 fully saturated rings.